The Labute approximate surface area is 167 Å². The van der Waals surface area contributed by atoms with Crippen molar-refractivity contribution in [3.63, 3.8) is 0 Å². The Morgan fingerprint density at radius 1 is 1.11 bits per heavy atom. The van der Waals surface area contributed by atoms with E-state index in [1.807, 2.05) is 38.1 Å². The fourth-order valence-electron chi connectivity index (χ4n) is 2.87. The number of nitrogens with one attached hydrogen (secondary N) is 1. The van der Waals surface area contributed by atoms with Gasteiger partial charge < -0.3 is 10.1 Å². The van der Waals surface area contributed by atoms with Crippen LogP contribution in [0.5, 0.6) is 5.75 Å². The lowest BCUT2D eigenvalue weighted by molar-refractivity contribution is -0.123. The minimum Gasteiger partial charge on any atom is -0.491 e. The van der Waals surface area contributed by atoms with E-state index < -0.39 is 16.1 Å². The van der Waals surface area contributed by atoms with Crippen LogP contribution in [0.4, 0.5) is 5.69 Å². The molecule has 0 aliphatic carbocycles. The van der Waals surface area contributed by atoms with E-state index in [0.29, 0.717) is 12.1 Å². The van der Waals surface area contributed by atoms with E-state index in [1.54, 1.807) is 37.3 Å². The van der Waals surface area contributed by atoms with Crippen molar-refractivity contribution in [3.05, 3.63) is 60.2 Å². The van der Waals surface area contributed by atoms with Gasteiger partial charge in [-0.05, 0) is 44.5 Å². The second kappa shape index (κ2) is 9.59. The van der Waals surface area contributed by atoms with Gasteiger partial charge >= 0.3 is 0 Å². The minimum atomic E-state index is -3.63. The first-order chi connectivity index (χ1) is 13.2. The Morgan fingerprint density at radius 3 is 2.25 bits per heavy atom. The number of sulfonamides is 1. The maximum Gasteiger partial charge on any atom is 0.244 e. The fourth-order valence-corrected chi connectivity index (χ4v) is 4.08. The maximum atomic E-state index is 12.8. The molecular formula is C21H28N2O4S. The molecule has 0 saturated heterocycles. The molecule has 0 saturated carbocycles. The van der Waals surface area contributed by atoms with Crippen molar-refractivity contribution in [2.45, 2.75) is 39.3 Å². The molecule has 2 rings (SSSR count). The predicted octanol–water partition coefficient (Wildman–Crippen LogP) is 3.12. The van der Waals surface area contributed by atoms with Gasteiger partial charge in [-0.15, -0.1) is 0 Å². The SMILES string of the molecule is CCC(C(=O)NC(C)COc1ccc(C)cc1)N(c1ccccc1)S(C)(=O)=O. The molecule has 2 unspecified atom stereocenters. The second-order valence-corrected chi connectivity index (χ2v) is 8.71. The number of amides is 1. The lowest BCUT2D eigenvalue weighted by atomic mass is 10.1. The predicted molar refractivity (Wildman–Crippen MR) is 112 cm³/mol. The topological polar surface area (TPSA) is 75.7 Å². The van der Waals surface area contributed by atoms with Crippen molar-refractivity contribution < 1.29 is 17.9 Å². The first-order valence-corrected chi connectivity index (χ1v) is 11.1. The third kappa shape index (κ3) is 5.99. The van der Waals surface area contributed by atoms with Crippen molar-refractivity contribution in [2.75, 3.05) is 17.2 Å². The molecule has 2 aromatic rings. The van der Waals surface area contributed by atoms with Crippen LogP contribution in [-0.4, -0.2) is 39.3 Å². The first-order valence-electron chi connectivity index (χ1n) is 9.26. The van der Waals surface area contributed by atoms with Crippen molar-refractivity contribution >= 4 is 21.6 Å². The molecule has 0 heterocycles. The highest BCUT2D eigenvalue weighted by Gasteiger charge is 2.31. The van der Waals surface area contributed by atoms with Gasteiger partial charge in [0.05, 0.1) is 18.0 Å². The first kappa shape index (κ1) is 21.8. The van der Waals surface area contributed by atoms with Gasteiger partial charge in [0.2, 0.25) is 15.9 Å². The summed E-state index contributed by atoms with van der Waals surface area (Å²) in [5.74, 6) is 0.373. The van der Waals surface area contributed by atoms with Gasteiger partial charge in [-0.25, -0.2) is 8.42 Å². The minimum absolute atomic E-state index is 0.278. The Bertz CT molecular complexity index is 867. The Hall–Kier alpha value is -2.54. The maximum absolute atomic E-state index is 12.8. The van der Waals surface area contributed by atoms with E-state index in [9.17, 15) is 13.2 Å². The van der Waals surface area contributed by atoms with Crippen molar-refractivity contribution in [3.8, 4) is 5.75 Å². The number of para-hydroxylation sites is 1. The van der Waals surface area contributed by atoms with Crippen LogP contribution >= 0.6 is 0 Å². The molecule has 0 bridgehead atoms. The summed E-state index contributed by atoms with van der Waals surface area (Å²) < 4.78 is 31.6. The van der Waals surface area contributed by atoms with Gasteiger partial charge in [0.15, 0.2) is 0 Å². The summed E-state index contributed by atoms with van der Waals surface area (Å²) in [6.07, 6.45) is 1.46. The number of carbonyl (C=O) groups excluding carboxylic acids is 1. The number of hydrogen-bond acceptors (Lipinski definition) is 4. The summed E-state index contributed by atoms with van der Waals surface area (Å²) >= 11 is 0. The monoisotopic (exact) mass is 404 g/mol. The Balaban J connectivity index is 2.07. The molecule has 2 aromatic carbocycles. The van der Waals surface area contributed by atoms with Gasteiger partial charge in [-0.2, -0.15) is 0 Å². The van der Waals surface area contributed by atoms with Crippen LogP contribution in [0.2, 0.25) is 0 Å². The molecule has 0 aromatic heterocycles. The molecule has 0 aliphatic heterocycles. The summed E-state index contributed by atoms with van der Waals surface area (Å²) in [4.78, 5) is 12.8. The van der Waals surface area contributed by atoms with E-state index in [4.69, 9.17) is 4.74 Å². The Kier molecular flexibility index (Phi) is 7.45. The van der Waals surface area contributed by atoms with Gasteiger partial charge in [0, 0.05) is 0 Å². The third-order valence-electron chi connectivity index (χ3n) is 4.25. The average Bonchev–Trinajstić information content (AvgIpc) is 2.65. The number of benzene rings is 2. The van der Waals surface area contributed by atoms with E-state index in [-0.39, 0.29) is 18.6 Å². The molecule has 152 valence electrons. The second-order valence-electron chi connectivity index (χ2n) is 6.85. The lowest BCUT2D eigenvalue weighted by Crippen LogP contribution is -2.52. The number of ether oxygens (including phenoxy) is 1. The molecule has 0 fully saturated rings. The van der Waals surface area contributed by atoms with E-state index in [1.165, 1.54) is 4.31 Å². The summed E-state index contributed by atoms with van der Waals surface area (Å²) in [6, 6.07) is 15.2. The number of nitrogens with zero attached hydrogens (tertiary/aromatic N) is 1. The Morgan fingerprint density at radius 2 is 1.71 bits per heavy atom. The third-order valence-corrected chi connectivity index (χ3v) is 5.43. The van der Waals surface area contributed by atoms with Crippen LogP contribution in [0.1, 0.15) is 25.8 Å². The fraction of sp³-hybridized carbons (Fsp3) is 0.381. The zero-order chi connectivity index (χ0) is 20.7. The highest BCUT2D eigenvalue weighted by atomic mass is 32.2. The van der Waals surface area contributed by atoms with Gasteiger partial charge in [-0.1, -0.05) is 42.8 Å². The summed E-state index contributed by atoms with van der Waals surface area (Å²) in [5.41, 5.74) is 1.61. The van der Waals surface area contributed by atoms with Crippen LogP contribution < -0.4 is 14.4 Å². The number of hydrogen-bond donors (Lipinski definition) is 1. The highest BCUT2D eigenvalue weighted by Crippen LogP contribution is 2.22. The molecule has 1 amide bonds. The molecular weight excluding hydrogens is 376 g/mol. The summed E-state index contributed by atoms with van der Waals surface area (Å²) in [5, 5.41) is 2.86. The van der Waals surface area contributed by atoms with E-state index in [0.717, 1.165) is 17.6 Å². The largest absolute Gasteiger partial charge is 0.491 e. The van der Waals surface area contributed by atoms with Gasteiger partial charge in [-0.3, -0.25) is 9.10 Å². The molecule has 0 radical (unpaired) electrons. The van der Waals surface area contributed by atoms with Crippen LogP contribution in [0.25, 0.3) is 0 Å². The average molecular weight is 405 g/mol. The standard InChI is InChI=1S/C21H28N2O4S/c1-5-20(23(28(4,25)26)18-9-7-6-8-10-18)21(24)22-17(3)15-27-19-13-11-16(2)12-14-19/h6-14,17,20H,5,15H2,1-4H3,(H,22,24). The molecule has 28 heavy (non-hydrogen) atoms. The van der Waals surface area contributed by atoms with Crippen LogP contribution in [-0.2, 0) is 14.8 Å². The van der Waals surface area contributed by atoms with Crippen molar-refractivity contribution in [2.24, 2.45) is 0 Å². The quantitative estimate of drug-likeness (QED) is 0.697. The highest BCUT2D eigenvalue weighted by molar-refractivity contribution is 7.92. The van der Waals surface area contributed by atoms with E-state index in [2.05, 4.69) is 5.32 Å². The van der Waals surface area contributed by atoms with Gasteiger partial charge in [0.1, 0.15) is 18.4 Å². The van der Waals surface area contributed by atoms with Crippen LogP contribution in [0, 0.1) is 6.92 Å². The van der Waals surface area contributed by atoms with Crippen molar-refractivity contribution in [1.82, 2.24) is 5.32 Å². The molecule has 1 N–H and O–H groups in total. The smallest absolute Gasteiger partial charge is 0.244 e. The molecule has 2 atom stereocenters. The van der Waals surface area contributed by atoms with Crippen LogP contribution in [0.3, 0.4) is 0 Å². The number of aryl methyl sites for hydroxylation is 1. The summed E-state index contributed by atoms with van der Waals surface area (Å²) in [7, 11) is -3.63. The number of anilines is 1. The van der Waals surface area contributed by atoms with E-state index >= 15 is 0 Å². The van der Waals surface area contributed by atoms with Crippen LogP contribution in [0.15, 0.2) is 54.6 Å². The normalized spacial score (nSPS) is 13.4. The number of carbonyl (C=O) groups is 1. The summed E-state index contributed by atoms with van der Waals surface area (Å²) in [6.45, 7) is 5.90. The van der Waals surface area contributed by atoms with Crippen molar-refractivity contribution in [1.29, 1.82) is 0 Å². The lowest BCUT2D eigenvalue weighted by Gasteiger charge is -2.31. The zero-order valence-electron chi connectivity index (χ0n) is 16.8. The molecule has 6 nitrogen and oxygen atoms in total. The zero-order valence-corrected chi connectivity index (χ0v) is 17.6. The van der Waals surface area contributed by atoms with Gasteiger partial charge in [0.25, 0.3) is 0 Å². The molecule has 0 spiro atoms. The number of rotatable bonds is 9. The molecule has 7 heteroatoms. The molecule has 0 aliphatic rings.